The van der Waals surface area contributed by atoms with E-state index in [0.717, 1.165) is 4.88 Å². The van der Waals surface area contributed by atoms with E-state index in [1.165, 1.54) is 11.3 Å². The number of aromatic nitrogens is 2. The first-order valence-electron chi connectivity index (χ1n) is 4.22. The van der Waals surface area contributed by atoms with Gasteiger partial charge in [0.05, 0.1) is 4.88 Å². The summed E-state index contributed by atoms with van der Waals surface area (Å²) in [5.74, 6) is 0.974. The number of nitriles is 1. The lowest BCUT2D eigenvalue weighted by Gasteiger charge is -2.01. The Morgan fingerprint density at radius 1 is 1.47 bits per heavy atom. The summed E-state index contributed by atoms with van der Waals surface area (Å²) in [4.78, 5) is 7.38. The number of nitrogens with zero attached hydrogens (tertiary/aromatic N) is 4. The van der Waals surface area contributed by atoms with E-state index in [4.69, 9.17) is 9.78 Å². The normalized spacial score (nSPS) is 9.93. The molecule has 0 spiro atoms. The van der Waals surface area contributed by atoms with Crippen molar-refractivity contribution in [2.24, 2.45) is 0 Å². The summed E-state index contributed by atoms with van der Waals surface area (Å²) in [6.07, 6.45) is 0. The molecule has 0 saturated heterocycles. The zero-order chi connectivity index (χ0) is 10.8. The molecule has 0 aliphatic rings. The van der Waals surface area contributed by atoms with Crippen LogP contribution in [0.5, 0.6) is 0 Å². The van der Waals surface area contributed by atoms with Crippen molar-refractivity contribution in [1.82, 2.24) is 10.1 Å². The van der Waals surface area contributed by atoms with Crippen LogP contribution in [0.15, 0.2) is 16.7 Å². The Kier molecular flexibility index (Phi) is 2.39. The van der Waals surface area contributed by atoms with Gasteiger partial charge in [-0.15, -0.1) is 11.3 Å². The Balaban J connectivity index is 2.34. The van der Waals surface area contributed by atoms with Crippen molar-refractivity contribution < 1.29 is 4.52 Å². The van der Waals surface area contributed by atoms with E-state index in [-0.39, 0.29) is 0 Å². The Labute approximate surface area is 90.6 Å². The topological polar surface area (TPSA) is 66.0 Å². The smallest absolute Gasteiger partial charge is 0.269 e. The van der Waals surface area contributed by atoms with Crippen LogP contribution in [0.4, 0.5) is 5.95 Å². The molecule has 0 atom stereocenters. The van der Waals surface area contributed by atoms with Crippen LogP contribution in [0.3, 0.4) is 0 Å². The van der Waals surface area contributed by atoms with E-state index in [2.05, 4.69) is 16.2 Å². The van der Waals surface area contributed by atoms with Crippen molar-refractivity contribution in [1.29, 1.82) is 5.26 Å². The van der Waals surface area contributed by atoms with Crippen molar-refractivity contribution in [3.05, 3.63) is 17.0 Å². The van der Waals surface area contributed by atoms with Crippen molar-refractivity contribution >= 4 is 17.3 Å². The molecule has 15 heavy (non-hydrogen) atoms. The van der Waals surface area contributed by atoms with Crippen LogP contribution in [0.1, 0.15) is 4.88 Å². The monoisotopic (exact) mass is 220 g/mol. The second-order valence-electron chi connectivity index (χ2n) is 3.07. The molecule has 0 unspecified atom stereocenters. The van der Waals surface area contributed by atoms with Crippen LogP contribution in [0, 0.1) is 11.3 Å². The van der Waals surface area contributed by atoms with Gasteiger partial charge in [0.25, 0.3) is 11.8 Å². The highest BCUT2D eigenvalue weighted by molar-refractivity contribution is 7.15. The van der Waals surface area contributed by atoms with Crippen molar-refractivity contribution in [2.45, 2.75) is 0 Å². The van der Waals surface area contributed by atoms with Gasteiger partial charge in [0.15, 0.2) is 0 Å². The molecule has 2 aromatic heterocycles. The summed E-state index contributed by atoms with van der Waals surface area (Å²) in [5, 5.41) is 12.5. The highest BCUT2D eigenvalue weighted by atomic mass is 32.1. The van der Waals surface area contributed by atoms with Gasteiger partial charge < -0.3 is 9.42 Å². The standard InChI is InChI=1S/C9H8N4OS/c1-13(2)9-11-8(14-12-9)7-4-3-6(5-10)15-7/h3-4H,1-2H3. The molecule has 0 radical (unpaired) electrons. The largest absolute Gasteiger partial charge is 0.344 e. The molecule has 6 heteroatoms. The van der Waals surface area contributed by atoms with Gasteiger partial charge in [0.1, 0.15) is 10.9 Å². The van der Waals surface area contributed by atoms with Crippen LogP contribution >= 0.6 is 11.3 Å². The fourth-order valence-electron chi connectivity index (χ4n) is 1.01. The molecule has 0 N–H and O–H groups in total. The molecule has 5 nitrogen and oxygen atoms in total. The minimum Gasteiger partial charge on any atom is -0.344 e. The molecule has 0 fully saturated rings. The number of thiophene rings is 1. The molecule has 0 aromatic carbocycles. The average molecular weight is 220 g/mol. The fraction of sp³-hybridized carbons (Fsp3) is 0.222. The van der Waals surface area contributed by atoms with Crippen LogP contribution in [0.25, 0.3) is 10.8 Å². The van der Waals surface area contributed by atoms with Crippen molar-refractivity contribution in [3.8, 4) is 16.8 Å². The SMILES string of the molecule is CN(C)c1noc(-c2ccc(C#N)s2)n1. The lowest BCUT2D eigenvalue weighted by molar-refractivity contribution is 0.431. The predicted molar refractivity (Wildman–Crippen MR) is 56.7 cm³/mol. The first kappa shape index (κ1) is 9.68. The van der Waals surface area contributed by atoms with Gasteiger partial charge in [-0.25, -0.2) is 0 Å². The third kappa shape index (κ3) is 1.82. The number of anilines is 1. The van der Waals surface area contributed by atoms with Gasteiger partial charge in [-0.2, -0.15) is 10.2 Å². The van der Waals surface area contributed by atoms with E-state index in [1.807, 2.05) is 14.1 Å². The summed E-state index contributed by atoms with van der Waals surface area (Å²) in [6, 6.07) is 5.60. The molecule has 76 valence electrons. The van der Waals surface area contributed by atoms with Gasteiger partial charge in [-0.1, -0.05) is 0 Å². The zero-order valence-electron chi connectivity index (χ0n) is 8.26. The summed E-state index contributed by atoms with van der Waals surface area (Å²) < 4.78 is 5.07. The first-order valence-corrected chi connectivity index (χ1v) is 5.03. The molecule has 0 aliphatic carbocycles. The maximum absolute atomic E-state index is 8.68. The highest BCUT2D eigenvalue weighted by Gasteiger charge is 2.11. The molecule has 0 aliphatic heterocycles. The van der Waals surface area contributed by atoms with Gasteiger partial charge >= 0.3 is 0 Å². The maximum atomic E-state index is 8.68. The van der Waals surface area contributed by atoms with Crippen LogP contribution < -0.4 is 4.90 Å². The predicted octanol–water partition coefficient (Wildman–Crippen LogP) is 1.74. The quantitative estimate of drug-likeness (QED) is 0.771. The van der Waals surface area contributed by atoms with Gasteiger partial charge in [0.2, 0.25) is 0 Å². The molecular weight excluding hydrogens is 212 g/mol. The Hall–Kier alpha value is -1.87. The number of rotatable bonds is 2. The van der Waals surface area contributed by atoms with Crippen LogP contribution in [-0.2, 0) is 0 Å². The molecule has 2 heterocycles. The Morgan fingerprint density at radius 3 is 2.80 bits per heavy atom. The summed E-state index contributed by atoms with van der Waals surface area (Å²) in [7, 11) is 3.67. The summed E-state index contributed by atoms with van der Waals surface area (Å²) in [6.45, 7) is 0. The van der Waals surface area contributed by atoms with E-state index < -0.39 is 0 Å². The van der Waals surface area contributed by atoms with Crippen molar-refractivity contribution in [3.63, 3.8) is 0 Å². The lowest BCUT2D eigenvalue weighted by atomic mass is 10.4. The first-order chi connectivity index (χ1) is 7.20. The molecular formula is C9H8N4OS. The molecule has 2 rings (SSSR count). The van der Waals surface area contributed by atoms with E-state index >= 15 is 0 Å². The van der Waals surface area contributed by atoms with Gasteiger partial charge in [0, 0.05) is 14.1 Å². The molecule has 0 bridgehead atoms. The zero-order valence-corrected chi connectivity index (χ0v) is 9.08. The van der Waals surface area contributed by atoms with Gasteiger partial charge in [-0.05, 0) is 17.3 Å². The number of hydrogen-bond acceptors (Lipinski definition) is 6. The van der Waals surface area contributed by atoms with Crippen LogP contribution in [0.2, 0.25) is 0 Å². The van der Waals surface area contributed by atoms with Crippen molar-refractivity contribution in [2.75, 3.05) is 19.0 Å². The van der Waals surface area contributed by atoms with E-state index in [9.17, 15) is 0 Å². The minimum absolute atomic E-state index is 0.449. The molecule has 2 aromatic rings. The van der Waals surface area contributed by atoms with E-state index in [0.29, 0.717) is 16.7 Å². The second-order valence-corrected chi connectivity index (χ2v) is 4.15. The minimum atomic E-state index is 0.449. The van der Waals surface area contributed by atoms with Crippen LogP contribution in [-0.4, -0.2) is 24.2 Å². The second kappa shape index (κ2) is 3.71. The Morgan fingerprint density at radius 2 is 2.27 bits per heavy atom. The Bertz CT molecular complexity index is 508. The van der Waals surface area contributed by atoms with Gasteiger partial charge in [-0.3, -0.25) is 0 Å². The summed E-state index contributed by atoms with van der Waals surface area (Å²) >= 11 is 1.34. The third-order valence-corrected chi connectivity index (χ3v) is 2.72. The highest BCUT2D eigenvalue weighted by Crippen LogP contribution is 2.27. The number of hydrogen-bond donors (Lipinski definition) is 0. The third-order valence-electron chi connectivity index (χ3n) is 1.74. The molecule has 0 amide bonds. The lowest BCUT2D eigenvalue weighted by Crippen LogP contribution is -2.09. The fourth-order valence-corrected chi connectivity index (χ4v) is 1.74. The maximum Gasteiger partial charge on any atom is 0.269 e. The van der Waals surface area contributed by atoms with E-state index in [1.54, 1.807) is 17.0 Å². The average Bonchev–Trinajstić information content (AvgIpc) is 2.86. The summed E-state index contributed by atoms with van der Waals surface area (Å²) in [5.41, 5.74) is 0. The molecule has 0 saturated carbocycles.